The number of carbonyl (C=O) groups is 1. The highest BCUT2D eigenvalue weighted by Gasteiger charge is 2.33. The molecule has 2 aromatic rings. The average molecular weight is 345 g/mol. The van der Waals surface area contributed by atoms with E-state index in [-0.39, 0.29) is 12.1 Å². The highest BCUT2D eigenvalue weighted by atomic mass is 32.1. The fraction of sp³-hybridized carbons (Fsp3) is 0.556. The first-order valence-electron chi connectivity index (χ1n) is 8.66. The summed E-state index contributed by atoms with van der Waals surface area (Å²) in [6.45, 7) is 2.51. The van der Waals surface area contributed by atoms with Crippen LogP contribution in [0.25, 0.3) is 10.2 Å². The van der Waals surface area contributed by atoms with E-state index in [1.54, 1.807) is 7.11 Å². The van der Waals surface area contributed by atoms with Crippen LogP contribution in [0.5, 0.6) is 0 Å². The van der Waals surface area contributed by atoms with Crippen LogP contribution >= 0.6 is 11.3 Å². The molecule has 0 spiro atoms. The number of anilines is 1. The minimum Gasteiger partial charge on any atom is -0.380 e. The molecule has 1 aliphatic heterocycles. The van der Waals surface area contributed by atoms with Crippen molar-refractivity contribution in [3.05, 3.63) is 22.2 Å². The van der Waals surface area contributed by atoms with Crippen LogP contribution < -0.4 is 10.6 Å². The normalized spacial score (nSPS) is 21.4. The van der Waals surface area contributed by atoms with Gasteiger partial charge in [-0.05, 0) is 37.3 Å². The SMILES string of the molecule is COCc1cc(C)nc2sc3c(c12)N[C@@H](C1CCCCC1)NC3=O. The summed E-state index contributed by atoms with van der Waals surface area (Å²) in [7, 11) is 1.70. The number of nitrogens with zero attached hydrogens (tertiary/aromatic N) is 1. The molecule has 2 aromatic heterocycles. The van der Waals surface area contributed by atoms with Gasteiger partial charge in [0, 0.05) is 18.2 Å². The molecule has 128 valence electrons. The van der Waals surface area contributed by atoms with Gasteiger partial charge in [0.2, 0.25) is 0 Å². The summed E-state index contributed by atoms with van der Waals surface area (Å²) in [5.41, 5.74) is 3.01. The number of pyridine rings is 1. The van der Waals surface area contributed by atoms with Crippen LogP contribution in [0.2, 0.25) is 0 Å². The number of thiophene rings is 1. The Hall–Kier alpha value is -1.66. The third-order valence-corrected chi connectivity index (χ3v) is 6.17. The van der Waals surface area contributed by atoms with E-state index in [2.05, 4.69) is 21.7 Å². The molecule has 4 rings (SSSR count). The zero-order valence-electron chi connectivity index (χ0n) is 14.1. The Morgan fingerprint density at radius 1 is 1.29 bits per heavy atom. The molecule has 5 nitrogen and oxygen atoms in total. The van der Waals surface area contributed by atoms with Crippen LogP contribution in [0.4, 0.5) is 5.69 Å². The summed E-state index contributed by atoms with van der Waals surface area (Å²) < 4.78 is 5.37. The fourth-order valence-electron chi connectivity index (χ4n) is 3.98. The predicted molar refractivity (Wildman–Crippen MR) is 96.5 cm³/mol. The maximum atomic E-state index is 12.7. The van der Waals surface area contributed by atoms with Gasteiger partial charge < -0.3 is 15.4 Å². The Kier molecular flexibility index (Phi) is 4.18. The van der Waals surface area contributed by atoms with Crippen LogP contribution in [0, 0.1) is 12.8 Å². The van der Waals surface area contributed by atoms with E-state index in [4.69, 9.17) is 4.74 Å². The Balaban J connectivity index is 1.77. The smallest absolute Gasteiger partial charge is 0.265 e. The Morgan fingerprint density at radius 3 is 2.83 bits per heavy atom. The lowest BCUT2D eigenvalue weighted by atomic mass is 9.86. The van der Waals surface area contributed by atoms with Crippen molar-refractivity contribution in [3.63, 3.8) is 0 Å². The molecule has 1 saturated carbocycles. The van der Waals surface area contributed by atoms with Crippen LogP contribution in [0.15, 0.2) is 6.07 Å². The number of hydrogen-bond acceptors (Lipinski definition) is 5. The molecule has 2 aliphatic rings. The molecule has 2 N–H and O–H groups in total. The number of carbonyl (C=O) groups excluding carboxylic acids is 1. The molecule has 0 saturated heterocycles. The van der Waals surface area contributed by atoms with Gasteiger partial charge in [0.05, 0.1) is 12.3 Å². The lowest BCUT2D eigenvalue weighted by Crippen LogP contribution is -2.49. The van der Waals surface area contributed by atoms with Gasteiger partial charge in [0.1, 0.15) is 15.9 Å². The summed E-state index contributed by atoms with van der Waals surface area (Å²) in [6, 6.07) is 2.06. The molecule has 1 amide bonds. The minimum absolute atomic E-state index is 0.0276. The van der Waals surface area contributed by atoms with E-state index in [1.807, 2.05) is 6.92 Å². The van der Waals surface area contributed by atoms with E-state index in [1.165, 1.54) is 43.4 Å². The largest absolute Gasteiger partial charge is 0.380 e. The van der Waals surface area contributed by atoms with E-state index in [0.29, 0.717) is 12.5 Å². The topological polar surface area (TPSA) is 63.2 Å². The number of nitrogens with one attached hydrogen (secondary N) is 2. The number of methoxy groups -OCH3 is 1. The lowest BCUT2D eigenvalue weighted by molar-refractivity contribution is 0.0918. The number of aromatic nitrogens is 1. The second-order valence-corrected chi connectivity index (χ2v) is 7.83. The Labute approximate surface area is 145 Å². The predicted octanol–water partition coefficient (Wildman–Crippen LogP) is 3.81. The molecule has 6 heteroatoms. The van der Waals surface area contributed by atoms with Gasteiger partial charge >= 0.3 is 0 Å². The highest BCUT2D eigenvalue weighted by molar-refractivity contribution is 7.21. The van der Waals surface area contributed by atoms with Crippen molar-refractivity contribution in [2.75, 3.05) is 12.4 Å². The molecule has 3 heterocycles. The number of fused-ring (bicyclic) bond motifs is 3. The third-order valence-electron chi connectivity index (χ3n) is 5.09. The average Bonchev–Trinajstić information content (AvgIpc) is 2.95. The molecule has 0 aromatic carbocycles. The van der Waals surface area contributed by atoms with Crippen LogP contribution in [0.3, 0.4) is 0 Å². The summed E-state index contributed by atoms with van der Waals surface area (Å²) in [5.74, 6) is 0.540. The molecule has 24 heavy (non-hydrogen) atoms. The van der Waals surface area contributed by atoms with Gasteiger partial charge in [-0.1, -0.05) is 19.3 Å². The van der Waals surface area contributed by atoms with Gasteiger partial charge in [0.25, 0.3) is 5.91 Å². The van der Waals surface area contributed by atoms with Crippen molar-refractivity contribution in [2.45, 2.75) is 51.8 Å². The monoisotopic (exact) mass is 345 g/mol. The number of amides is 1. The summed E-state index contributed by atoms with van der Waals surface area (Å²) >= 11 is 1.47. The van der Waals surface area contributed by atoms with Gasteiger partial charge in [-0.15, -0.1) is 11.3 Å². The zero-order chi connectivity index (χ0) is 16.7. The van der Waals surface area contributed by atoms with Gasteiger partial charge in [0.15, 0.2) is 0 Å². The molecule has 0 radical (unpaired) electrons. The minimum atomic E-state index is 0.0276. The van der Waals surface area contributed by atoms with Crippen molar-refractivity contribution in [2.24, 2.45) is 5.92 Å². The van der Waals surface area contributed by atoms with Crippen molar-refractivity contribution < 1.29 is 9.53 Å². The van der Waals surface area contributed by atoms with Crippen molar-refractivity contribution >= 4 is 33.1 Å². The Morgan fingerprint density at radius 2 is 2.08 bits per heavy atom. The molecule has 1 fully saturated rings. The van der Waals surface area contributed by atoms with Crippen molar-refractivity contribution in [1.29, 1.82) is 0 Å². The van der Waals surface area contributed by atoms with Crippen molar-refractivity contribution in [3.8, 4) is 0 Å². The molecule has 0 bridgehead atoms. The second kappa shape index (κ2) is 6.33. The Bertz CT molecular complexity index is 780. The summed E-state index contributed by atoms with van der Waals surface area (Å²) in [5, 5.41) is 7.85. The van der Waals surface area contributed by atoms with E-state index >= 15 is 0 Å². The molecule has 0 unspecified atom stereocenters. The first-order chi connectivity index (χ1) is 11.7. The zero-order valence-corrected chi connectivity index (χ0v) is 15.0. The summed E-state index contributed by atoms with van der Waals surface area (Å²) in [6.07, 6.45) is 6.21. The number of rotatable bonds is 3. The van der Waals surface area contributed by atoms with E-state index in [9.17, 15) is 4.79 Å². The van der Waals surface area contributed by atoms with Gasteiger partial charge in [-0.3, -0.25) is 4.79 Å². The molecular formula is C18H23N3O2S. The first-order valence-corrected chi connectivity index (χ1v) is 9.48. The molecular weight excluding hydrogens is 322 g/mol. The van der Waals surface area contributed by atoms with Gasteiger partial charge in [-0.2, -0.15) is 0 Å². The van der Waals surface area contributed by atoms with Crippen LogP contribution in [-0.2, 0) is 11.3 Å². The third kappa shape index (κ3) is 2.67. The fourth-order valence-corrected chi connectivity index (χ4v) is 5.11. The number of ether oxygens (including phenoxy) is 1. The molecule has 1 atom stereocenters. The first kappa shape index (κ1) is 15.8. The lowest BCUT2D eigenvalue weighted by Gasteiger charge is -2.34. The van der Waals surface area contributed by atoms with E-state index < -0.39 is 0 Å². The standard InChI is InChI=1S/C18H23N3O2S/c1-10-8-12(9-23-2)13-14-15(24-18(13)19-10)17(22)21-16(20-14)11-6-4-3-5-7-11/h8,11,16,20H,3-7,9H2,1-2H3,(H,21,22)/t16-/m1/s1. The molecule has 1 aliphatic carbocycles. The summed E-state index contributed by atoms with van der Waals surface area (Å²) in [4.78, 5) is 19.0. The maximum Gasteiger partial charge on any atom is 0.265 e. The number of aryl methyl sites for hydroxylation is 1. The van der Waals surface area contributed by atoms with Gasteiger partial charge in [-0.25, -0.2) is 4.98 Å². The second-order valence-electron chi connectivity index (χ2n) is 6.84. The maximum absolute atomic E-state index is 12.7. The van der Waals surface area contributed by atoms with E-state index in [0.717, 1.165) is 32.0 Å². The number of hydrogen-bond donors (Lipinski definition) is 2. The van der Waals surface area contributed by atoms with Crippen LogP contribution in [-0.4, -0.2) is 24.2 Å². The van der Waals surface area contributed by atoms with Crippen molar-refractivity contribution in [1.82, 2.24) is 10.3 Å². The highest BCUT2D eigenvalue weighted by Crippen LogP contribution is 2.41. The quantitative estimate of drug-likeness (QED) is 0.888. The van der Waals surface area contributed by atoms with Crippen LogP contribution in [0.1, 0.15) is 53.0 Å².